The number of amides is 1. The van der Waals surface area contributed by atoms with E-state index in [4.69, 9.17) is 5.73 Å². The van der Waals surface area contributed by atoms with Gasteiger partial charge in [-0.25, -0.2) is 0 Å². The normalized spacial score (nSPS) is 10.4. The monoisotopic (exact) mass is 228 g/mol. The molecule has 2 aromatic rings. The zero-order chi connectivity index (χ0) is 12.4. The fourth-order valence-electron chi connectivity index (χ4n) is 1.88. The second-order valence-corrected chi connectivity index (χ2v) is 3.71. The molecule has 0 radical (unpaired) electrons. The smallest absolute Gasteiger partial charge is 0.289 e. The van der Waals surface area contributed by atoms with E-state index in [1.165, 1.54) is 0 Å². The van der Waals surface area contributed by atoms with Crippen molar-refractivity contribution in [2.24, 2.45) is 5.73 Å². The van der Waals surface area contributed by atoms with Gasteiger partial charge in [0.05, 0.1) is 5.56 Å². The van der Waals surface area contributed by atoms with E-state index >= 15 is 0 Å². The molecule has 0 aliphatic heterocycles. The third kappa shape index (κ3) is 1.85. The van der Waals surface area contributed by atoms with Crippen molar-refractivity contribution in [2.75, 3.05) is 0 Å². The van der Waals surface area contributed by atoms with Crippen LogP contribution in [0.15, 0.2) is 36.9 Å². The Hall–Kier alpha value is -2.36. The predicted octanol–water partition coefficient (Wildman–Crippen LogP) is 1.56. The van der Waals surface area contributed by atoms with Crippen molar-refractivity contribution in [1.29, 1.82) is 0 Å². The summed E-state index contributed by atoms with van der Waals surface area (Å²) in [6.45, 7) is 3.62. The third-order valence-corrected chi connectivity index (χ3v) is 2.58. The van der Waals surface area contributed by atoms with E-state index in [1.54, 1.807) is 12.1 Å². The molecule has 0 saturated heterocycles. The average molecular weight is 228 g/mol. The molecule has 2 rings (SSSR count). The quantitative estimate of drug-likeness (QED) is 0.473. The molecule has 0 aliphatic carbocycles. The first-order valence-corrected chi connectivity index (χ1v) is 5.19. The summed E-state index contributed by atoms with van der Waals surface area (Å²) in [7, 11) is 0. The molecule has 86 valence electrons. The minimum atomic E-state index is -0.944. The lowest BCUT2D eigenvalue weighted by Gasteiger charge is -1.98. The van der Waals surface area contributed by atoms with Crippen LogP contribution in [0.3, 0.4) is 0 Å². The molecule has 0 aliphatic rings. The Morgan fingerprint density at radius 2 is 2.06 bits per heavy atom. The first-order chi connectivity index (χ1) is 8.15. The molecule has 0 spiro atoms. The molecule has 4 nitrogen and oxygen atoms in total. The maximum Gasteiger partial charge on any atom is 0.289 e. The van der Waals surface area contributed by atoms with Crippen molar-refractivity contribution in [1.82, 2.24) is 4.98 Å². The van der Waals surface area contributed by atoms with Crippen LogP contribution >= 0.6 is 0 Å². The van der Waals surface area contributed by atoms with Crippen LogP contribution in [0.2, 0.25) is 0 Å². The summed E-state index contributed by atoms with van der Waals surface area (Å²) in [5.41, 5.74) is 6.89. The fraction of sp³-hybridized carbons (Fsp3) is 0.0769. The lowest BCUT2D eigenvalue weighted by molar-refractivity contribution is -0.114. The molecular formula is C13H12N2O2. The van der Waals surface area contributed by atoms with E-state index in [0.29, 0.717) is 23.1 Å². The molecule has 0 fully saturated rings. The van der Waals surface area contributed by atoms with Crippen LogP contribution in [0, 0.1) is 0 Å². The van der Waals surface area contributed by atoms with Crippen LogP contribution in [0.1, 0.15) is 16.1 Å². The first-order valence-electron chi connectivity index (χ1n) is 5.19. The van der Waals surface area contributed by atoms with Gasteiger partial charge in [-0.15, -0.1) is 6.58 Å². The number of benzene rings is 1. The Kier molecular flexibility index (Phi) is 2.78. The van der Waals surface area contributed by atoms with Gasteiger partial charge in [-0.3, -0.25) is 9.59 Å². The van der Waals surface area contributed by atoms with Crippen LogP contribution in [0.4, 0.5) is 0 Å². The topological polar surface area (TPSA) is 75.9 Å². The lowest BCUT2D eigenvalue weighted by atomic mass is 10.0. The summed E-state index contributed by atoms with van der Waals surface area (Å²) in [6, 6.07) is 7.30. The van der Waals surface area contributed by atoms with Gasteiger partial charge in [-0.1, -0.05) is 24.3 Å². The highest BCUT2D eigenvalue weighted by atomic mass is 16.2. The number of fused-ring (bicyclic) bond motifs is 1. The molecule has 0 unspecified atom stereocenters. The molecule has 0 saturated carbocycles. The number of ketones is 1. The molecule has 4 heteroatoms. The minimum Gasteiger partial charge on any atom is -0.363 e. The van der Waals surface area contributed by atoms with Crippen molar-refractivity contribution in [3.8, 4) is 0 Å². The molecule has 17 heavy (non-hydrogen) atoms. The van der Waals surface area contributed by atoms with Gasteiger partial charge in [0.1, 0.15) is 0 Å². The molecular weight excluding hydrogens is 216 g/mol. The van der Waals surface area contributed by atoms with E-state index in [0.717, 1.165) is 5.52 Å². The lowest BCUT2D eigenvalue weighted by Crippen LogP contribution is -2.23. The summed E-state index contributed by atoms with van der Waals surface area (Å²) in [5.74, 6) is -1.61. The van der Waals surface area contributed by atoms with Gasteiger partial charge in [0.15, 0.2) is 0 Å². The molecule has 3 N–H and O–H groups in total. The number of nitrogens with two attached hydrogens (primary N) is 1. The number of carbonyl (C=O) groups is 2. The van der Waals surface area contributed by atoms with Crippen molar-refractivity contribution < 1.29 is 9.59 Å². The van der Waals surface area contributed by atoms with E-state index < -0.39 is 11.7 Å². The predicted molar refractivity (Wildman–Crippen MR) is 65.7 cm³/mol. The van der Waals surface area contributed by atoms with Gasteiger partial charge in [0.2, 0.25) is 0 Å². The highest BCUT2D eigenvalue weighted by Crippen LogP contribution is 2.23. The van der Waals surface area contributed by atoms with Crippen molar-refractivity contribution in [3.63, 3.8) is 0 Å². The van der Waals surface area contributed by atoms with Crippen LogP contribution < -0.4 is 5.73 Å². The summed E-state index contributed by atoms with van der Waals surface area (Å²) in [5, 5.41) is 0.716. The van der Waals surface area contributed by atoms with Gasteiger partial charge >= 0.3 is 0 Å². The number of aromatic nitrogens is 1. The highest BCUT2D eigenvalue weighted by Gasteiger charge is 2.21. The summed E-state index contributed by atoms with van der Waals surface area (Å²) in [6.07, 6.45) is 2.16. The van der Waals surface area contributed by atoms with Gasteiger partial charge in [-0.2, -0.15) is 0 Å². The Bertz CT molecular complexity index is 611. The van der Waals surface area contributed by atoms with E-state index in [-0.39, 0.29) is 0 Å². The van der Waals surface area contributed by atoms with Gasteiger partial charge in [-0.05, 0) is 6.07 Å². The maximum absolute atomic E-state index is 11.8. The second-order valence-electron chi connectivity index (χ2n) is 3.71. The molecule has 0 atom stereocenters. The van der Waals surface area contributed by atoms with Crippen LogP contribution in [-0.2, 0) is 11.2 Å². The molecule has 1 amide bonds. The number of nitrogens with one attached hydrogen (secondary N) is 1. The Balaban J connectivity index is 2.71. The number of para-hydroxylation sites is 1. The summed E-state index contributed by atoms with van der Waals surface area (Å²) >= 11 is 0. The van der Waals surface area contributed by atoms with Crippen molar-refractivity contribution >= 4 is 22.6 Å². The van der Waals surface area contributed by atoms with Gasteiger partial charge < -0.3 is 10.7 Å². The van der Waals surface area contributed by atoms with Gasteiger partial charge in [0, 0.05) is 23.0 Å². The number of carbonyl (C=O) groups excluding carboxylic acids is 2. The van der Waals surface area contributed by atoms with Crippen LogP contribution in [0.25, 0.3) is 10.9 Å². The Morgan fingerprint density at radius 1 is 1.35 bits per heavy atom. The van der Waals surface area contributed by atoms with E-state index in [1.807, 2.05) is 18.2 Å². The largest absolute Gasteiger partial charge is 0.363 e. The minimum absolute atomic E-state index is 0.355. The zero-order valence-corrected chi connectivity index (χ0v) is 9.19. The maximum atomic E-state index is 11.8. The SMILES string of the molecule is C=CCc1[nH]c2ccccc2c1C(=O)C(N)=O. The fourth-order valence-corrected chi connectivity index (χ4v) is 1.88. The first kappa shape index (κ1) is 11.1. The number of primary amides is 1. The third-order valence-electron chi connectivity index (χ3n) is 2.58. The number of H-pyrrole nitrogens is 1. The van der Waals surface area contributed by atoms with Crippen LogP contribution in [0.5, 0.6) is 0 Å². The summed E-state index contributed by atoms with van der Waals surface area (Å²) in [4.78, 5) is 25.9. The van der Waals surface area contributed by atoms with Crippen LogP contribution in [-0.4, -0.2) is 16.7 Å². The zero-order valence-electron chi connectivity index (χ0n) is 9.19. The molecule has 1 aromatic heterocycles. The highest BCUT2D eigenvalue weighted by molar-refractivity contribution is 6.44. The molecule has 1 heterocycles. The molecule has 1 aromatic carbocycles. The van der Waals surface area contributed by atoms with E-state index in [9.17, 15) is 9.59 Å². The number of rotatable bonds is 4. The summed E-state index contributed by atoms with van der Waals surface area (Å²) < 4.78 is 0. The number of aromatic amines is 1. The van der Waals surface area contributed by atoms with Crippen molar-refractivity contribution in [2.45, 2.75) is 6.42 Å². The Morgan fingerprint density at radius 3 is 2.71 bits per heavy atom. The molecule has 0 bridgehead atoms. The van der Waals surface area contributed by atoms with Crippen molar-refractivity contribution in [3.05, 3.63) is 48.2 Å². The second kappa shape index (κ2) is 4.25. The number of hydrogen-bond donors (Lipinski definition) is 2. The Labute approximate surface area is 98.1 Å². The standard InChI is InChI=1S/C13H12N2O2/c1-2-5-10-11(12(16)13(14)17)8-6-3-4-7-9(8)15-10/h2-4,6-7,15H,1,5H2,(H2,14,17). The van der Waals surface area contributed by atoms with E-state index in [2.05, 4.69) is 11.6 Å². The average Bonchev–Trinajstić information content (AvgIpc) is 2.66. The van der Waals surface area contributed by atoms with Gasteiger partial charge in [0.25, 0.3) is 11.7 Å². The number of allylic oxidation sites excluding steroid dienone is 1. The number of Topliss-reactive ketones (excluding diaryl/α,β-unsaturated/α-hetero) is 1. The number of hydrogen-bond acceptors (Lipinski definition) is 2.